The van der Waals surface area contributed by atoms with Crippen LogP contribution < -0.4 is 10.1 Å². The van der Waals surface area contributed by atoms with Gasteiger partial charge in [-0.3, -0.25) is 9.52 Å². The maximum absolute atomic E-state index is 13.0. The average molecular weight is 490 g/mol. The molecule has 0 unspecified atom stereocenters. The lowest BCUT2D eigenvalue weighted by Gasteiger charge is -2.11. The van der Waals surface area contributed by atoms with E-state index in [2.05, 4.69) is 25.4 Å². The molecule has 2 heterocycles. The Morgan fingerprint density at radius 2 is 1.55 bits per heavy atom. The Labute approximate surface area is 189 Å². The van der Waals surface area contributed by atoms with Crippen LogP contribution in [-0.4, -0.2) is 50.3 Å². The number of nitrogens with zero attached hydrogens (tertiary/aromatic N) is 3. The number of hydrogen-bond donors (Lipinski definition) is 2. The minimum Gasteiger partial charge on any atom is -0.423 e. The van der Waals surface area contributed by atoms with Crippen molar-refractivity contribution in [3.8, 4) is 0 Å². The van der Waals surface area contributed by atoms with Gasteiger partial charge in [-0.2, -0.15) is 5.10 Å². The topological polar surface area (TPSA) is 161 Å². The number of sulfone groups is 1. The van der Waals surface area contributed by atoms with E-state index in [1.807, 2.05) is 0 Å². The van der Waals surface area contributed by atoms with Gasteiger partial charge in [0.05, 0.1) is 6.54 Å². The second-order valence-electron chi connectivity index (χ2n) is 7.17. The zero-order valence-electron chi connectivity index (χ0n) is 17.1. The number of rotatable bonds is 9. The molecule has 0 saturated carbocycles. The van der Waals surface area contributed by atoms with Crippen LogP contribution in [0.3, 0.4) is 0 Å². The monoisotopic (exact) mass is 489 g/mol. The van der Waals surface area contributed by atoms with Gasteiger partial charge >= 0.3 is 0 Å². The largest absolute Gasteiger partial charge is 0.423 e. The number of ketones is 1. The van der Waals surface area contributed by atoms with Gasteiger partial charge < -0.3 is 9.84 Å². The molecule has 0 spiro atoms. The Bertz CT molecular complexity index is 1390. The molecule has 1 aliphatic rings. The van der Waals surface area contributed by atoms with E-state index in [9.17, 15) is 21.6 Å². The molecule has 0 amide bonds. The normalized spacial score (nSPS) is 16.1. The summed E-state index contributed by atoms with van der Waals surface area (Å²) in [6.07, 6.45) is 0. The number of para-hydroxylation sites is 1. The van der Waals surface area contributed by atoms with Gasteiger partial charge in [-0.1, -0.05) is 48.5 Å². The van der Waals surface area contributed by atoms with E-state index in [0.29, 0.717) is 11.3 Å². The van der Waals surface area contributed by atoms with E-state index in [1.54, 1.807) is 60.7 Å². The van der Waals surface area contributed by atoms with Crippen LogP contribution in [0.15, 0.2) is 70.2 Å². The number of hydrazone groups is 1. The van der Waals surface area contributed by atoms with Crippen molar-refractivity contribution in [2.45, 2.75) is 16.8 Å². The number of benzene rings is 2. The summed E-state index contributed by atoms with van der Waals surface area (Å²) in [5, 5.41) is 9.98. The van der Waals surface area contributed by atoms with E-state index in [0.717, 1.165) is 0 Å². The second-order valence-corrected chi connectivity index (χ2v) is 11.1. The summed E-state index contributed by atoms with van der Waals surface area (Å²) in [4.78, 5) is 12.7. The van der Waals surface area contributed by atoms with Gasteiger partial charge in [-0.25, -0.2) is 16.8 Å². The lowest BCUT2D eigenvalue weighted by atomic mass is 10.1. The molecule has 1 aromatic heterocycles. The molecule has 1 atom stereocenters. The van der Waals surface area contributed by atoms with Gasteiger partial charge in [0.15, 0.2) is 9.84 Å². The summed E-state index contributed by atoms with van der Waals surface area (Å²) in [6.45, 7) is -0.0768. The molecule has 3 aromatic rings. The Morgan fingerprint density at radius 3 is 2.21 bits per heavy atom. The summed E-state index contributed by atoms with van der Waals surface area (Å²) >= 11 is 0. The summed E-state index contributed by atoms with van der Waals surface area (Å²) < 4.78 is 58.2. The number of anilines is 1. The summed E-state index contributed by atoms with van der Waals surface area (Å²) in [7, 11) is -7.82. The van der Waals surface area contributed by atoms with Crippen LogP contribution in [-0.2, 0) is 31.4 Å². The van der Waals surface area contributed by atoms with Gasteiger partial charge in [0.2, 0.25) is 27.6 Å². The molecule has 2 N–H and O–H groups in total. The molecule has 33 heavy (non-hydrogen) atoms. The number of Topliss-reactive ketones (excluding diaryl/α,β-unsaturated/α-hetero) is 1. The van der Waals surface area contributed by atoms with Crippen molar-refractivity contribution in [1.29, 1.82) is 0 Å². The Hall–Kier alpha value is -3.58. The zero-order chi connectivity index (χ0) is 23.5. The highest BCUT2D eigenvalue weighted by Gasteiger charge is 2.39. The van der Waals surface area contributed by atoms with E-state index in [4.69, 9.17) is 4.42 Å². The maximum Gasteiger partial charge on any atom is 0.241 e. The first-order chi connectivity index (χ1) is 15.7. The summed E-state index contributed by atoms with van der Waals surface area (Å²) in [5.41, 5.74) is 3.11. The molecule has 1 aliphatic heterocycles. The highest BCUT2D eigenvalue weighted by molar-refractivity contribution is 7.92. The van der Waals surface area contributed by atoms with Crippen LogP contribution in [0.5, 0.6) is 0 Å². The molecule has 172 valence electrons. The molecule has 0 aliphatic carbocycles. The maximum atomic E-state index is 13.0. The molecular formula is C20H19N5O6S2. The number of aromatic nitrogens is 2. The molecule has 13 heteroatoms. The van der Waals surface area contributed by atoms with Crippen molar-refractivity contribution in [3.05, 3.63) is 78.0 Å². The molecule has 11 nitrogen and oxygen atoms in total. The third-order valence-electron chi connectivity index (χ3n) is 4.68. The Kier molecular flexibility index (Phi) is 6.24. The van der Waals surface area contributed by atoms with Crippen molar-refractivity contribution in [2.24, 2.45) is 5.10 Å². The SMILES string of the molecule is O=C(C1=NNC[C@@H]1S(=O)(=O)Cc1nnc(CS(=O)(=O)Nc2ccccc2)o1)c1ccccc1. The van der Waals surface area contributed by atoms with Gasteiger partial charge in [0, 0.05) is 11.3 Å². The number of nitrogens with one attached hydrogen (secondary N) is 2. The first kappa shape index (κ1) is 22.6. The number of carbonyl (C=O) groups excluding carboxylic acids is 1. The molecule has 0 saturated heterocycles. The third-order valence-corrected chi connectivity index (χ3v) is 7.76. The van der Waals surface area contributed by atoms with Crippen molar-refractivity contribution in [3.63, 3.8) is 0 Å². The van der Waals surface area contributed by atoms with Gasteiger partial charge in [-0.05, 0) is 12.1 Å². The van der Waals surface area contributed by atoms with Gasteiger partial charge in [-0.15, -0.1) is 10.2 Å². The van der Waals surface area contributed by atoms with Crippen LogP contribution in [0.2, 0.25) is 0 Å². The molecular weight excluding hydrogens is 470 g/mol. The fourth-order valence-corrected chi connectivity index (χ4v) is 5.68. The fourth-order valence-electron chi connectivity index (χ4n) is 3.18. The smallest absolute Gasteiger partial charge is 0.241 e. The lowest BCUT2D eigenvalue weighted by Crippen LogP contribution is -2.36. The predicted octanol–water partition coefficient (Wildman–Crippen LogP) is 1.14. The molecule has 4 rings (SSSR count). The van der Waals surface area contributed by atoms with Gasteiger partial charge in [0.1, 0.15) is 22.5 Å². The van der Waals surface area contributed by atoms with E-state index in [-0.39, 0.29) is 24.0 Å². The Balaban J connectivity index is 1.45. The van der Waals surface area contributed by atoms with Crippen molar-refractivity contribution >= 4 is 37.0 Å². The first-order valence-electron chi connectivity index (χ1n) is 9.72. The van der Waals surface area contributed by atoms with Gasteiger partial charge in [0.25, 0.3) is 0 Å². The van der Waals surface area contributed by atoms with Crippen LogP contribution >= 0.6 is 0 Å². The molecule has 0 radical (unpaired) electrons. The van der Waals surface area contributed by atoms with Crippen LogP contribution in [0.25, 0.3) is 0 Å². The zero-order valence-corrected chi connectivity index (χ0v) is 18.7. The van der Waals surface area contributed by atoms with E-state index >= 15 is 0 Å². The predicted molar refractivity (Wildman–Crippen MR) is 120 cm³/mol. The number of carbonyl (C=O) groups is 1. The highest BCUT2D eigenvalue weighted by atomic mass is 32.2. The second kappa shape index (κ2) is 9.11. The van der Waals surface area contributed by atoms with Crippen molar-refractivity contribution in [1.82, 2.24) is 15.6 Å². The Morgan fingerprint density at radius 1 is 0.939 bits per heavy atom. The standard InChI is InChI=1S/C20H19N5O6S2/c26-20(14-7-3-1-4-8-14)19-16(11-21-24-19)32(27,28)12-17-22-23-18(31-17)13-33(29,30)25-15-9-5-2-6-10-15/h1-10,16,21,25H,11-13H2/t16-/m0/s1. The average Bonchev–Trinajstić information content (AvgIpc) is 3.44. The minimum atomic E-state index is -3.97. The van der Waals surface area contributed by atoms with Crippen molar-refractivity contribution < 1.29 is 26.0 Å². The third kappa shape index (κ3) is 5.43. The van der Waals surface area contributed by atoms with Crippen LogP contribution in [0.1, 0.15) is 22.1 Å². The number of hydrogen-bond acceptors (Lipinski definition) is 10. The van der Waals surface area contributed by atoms with Crippen LogP contribution in [0.4, 0.5) is 5.69 Å². The molecule has 2 aromatic carbocycles. The first-order valence-corrected chi connectivity index (χ1v) is 13.1. The lowest BCUT2D eigenvalue weighted by molar-refractivity contribution is 0.106. The number of sulfonamides is 1. The van der Waals surface area contributed by atoms with Crippen LogP contribution in [0, 0.1) is 0 Å². The van der Waals surface area contributed by atoms with E-state index in [1.165, 1.54) is 0 Å². The quantitative estimate of drug-likeness (QED) is 0.420. The molecule has 0 bridgehead atoms. The summed E-state index contributed by atoms with van der Waals surface area (Å²) in [6, 6.07) is 16.5. The minimum absolute atomic E-state index is 0.0768. The van der Waals surface area contributed by atoms with E-state index < -0.39 is 42.4 Å². The highest BCUT2D eigenvalue weighted by Crippen LogP contribution is 2.18. The summed E-state index contributed by atoms with van der Waals surface area (Å²) in [5.74, 6) is -2.34. The molecule has 0 fully saturated rings. The fraction of sp³-hybridized carbons (Fsp3) is 0.200. The van der Waals surface area contributed by atoms with Crippen molar-refractivity contribution in [2.75, 3.05) is 11.3 Å².